The van der Waals surface area contributed by atoms with Gasteiger partial charge in [0.05, 0.1) is 0 Å². The van der Waals surface area contributed by atoms with Crippen LogP contribution < -0.4 is 16.0 Å². The highest BCUT2D eigenvalue weighted by Crippen LogP contribution is 2.11. The lowest BCUT2D eigenvalue weighted by atomic mass is 10.1. The predicted molar refractivity (Wildman–Crippen MR) is 89.6 cm³/mol. The first-order valence-electron chi connectivity index (χ1n) is 7.72. The number of hydrogen-bond donors (Lipinski definition) is 3. The van der Waals surface area contributed by atoms with Crippen molar-refractivity contribution in [1.82, 2.24) is 10.6 Å². The van der Waals surface area contributed by atoms with Crippen molar-refractivity contribution in [1.29, 1.82) is 0 Å². The van der Waals surface area contributed by atoms with Gasteiger partial charge >= 0.3 is 6.03 Å². The van der Waals surface area contributed by atoms with Crippen LogP contribution in [0.4, 0.5) is 10.5 Å². The Morgan fingerprint density at radius 3 is 2.48 bits per heavy atom. The monoisotopic (exact) mass is 317 g/mol. The van der Waals surface area contributed by atoms with E-state index in [-0.39, 0.29) is 18.0 Å². The summed E-state index contributed by atoms with van der Waals surface area (Å²) in [4.78, 5) is 23.8. The fraction of sp³-hybridized carbons (Fsp3) is 0.412. The predicted octanol–water partition coefficient (Wildman–Crippen LogP) is 2.29. The third-order valence-electron chi connectivity index (χ3n) is 3.51. The highest BCUT2D eigenvalue weighted by atomic mass is 16.5. The quantitative estimate of drug-likeness (QED) is 0.729. The fourth-order valence-electron chi connectivity index (χ4n) is 2.22. The van der Waals surface area contributed by atoms with Crippen LogP contribution in [-0.4, -0.2) is 37.7 Å². The Labute approximate surface area is 136 Å². The molecular formula is C17H23N3O3. The van der Waals surface area contributed by atoms with E-state index in [1.807, 2.05) is 6.92 Å². The van der Waals surface area contributed by atoms with E-state index in [1.165, 1.54) is 0 Å². The average Bonchev–Trinajstić information content (AvgIpc) is 2.54. The molecule has 124 valence electrons. The molecule has 0 saturated carbocycles. The summed E-state index contributed by atoms with van der Waals surface area (Å²) in [5.41, 5.74) is 2.08. The molecule has 0 bridgehead atoms. The number of rotatable bonds is 5. The lowest BCUT2D eigenvalue weighted by Crippen LogP contribution is -2.38. The molecule has 2 rings (SSSR count). The molecule has 0 unspecified atom stereocenters. The van der Waals surface area contributed by atoms with Gasteiger partial charge in [-0.15, -0.1) is 0 Å². The smallest absolute Gasteiger partial charge is 0.319 e. The Morgan fingerprint density at radius 2 is 1.87 bits per heavy atom. The van der Waals surface area contributed by atoms with Crippen molar-refractivity contribution in [3.63, 3.8) is 0 Å². The maximum Gasteiger partial charge on any atom is 0.319 e. The molecule has 1 heterocycles. The van der Waals surface area contributed by atoms with Crippen LogP contribution in [0.25, 0.3) is 0 Å². The van der Waals surface area contributed by atoms with E-state index >= 15 is 0 Å². The summed E-state index contributed by atoms with van der Waals surface area (Å²) in [6.45, 7) is 7.36. The van der Waals surface area contributed by atoms with Gasteiger partial charge in [0.25, 0.3) is 5.91 Å². The Kier molecular flexibility index (Phi) is 6.17. The molecule has 0 atom stereocenters. The first-order chi connectivity index (χ1) is 11.0. The zero-order chi connectivity index (χ0) is 16.7. The van der Waals surface area contributed by atoms with E-state index in [0.717, 1.165) is 18.4 Å². The summed E-state index contributed by atoms with van der Waals surface area (Å²) in [7, 11) is 0. The third kappa shape index (κ3) is 5.75. The number of benzene rings is 1. The Bertz CT molecular complexity index is 563. The van der Waals surface area contributed by atoms with Crippen LogP contribution in [0.2, 0.25) is 0 Å². The van der Waals surface area contributed by atoms with E-state index < -0.39 is 0 Å². The Balaban J connectivity index is 1.84. The number of ether oxygens (including phenoxy) is 1. The fourth-order valence-corrected chi connectivity index (χ4v) is 2.22. The number of urea groups is 1. The second-order valence-corrected chi connectivity index (χ2v) is 5.70. The molecule has 0 aromatic heterocycles. The molecule has 1 aliphatic heterocycles. The van der Waals surface area contributed by atoms with Crippen LogP contribution in [0.15, 0.2) is 36.4 Å². The summed E-state index contributed by atoms with van der Waals surface area (Å²) in [6.07, 6.45) is 1.68. The van der Waals surface area contributed by atoms with Crippen LogP contribution in [0.1, 0.15) is 30.1 Å². The van der Waals surface area contributed by atoms with Crippen molar-refractivity contribution in [3.05, 3.63) is 42.0 Å². The van der Waals surface area contributed by atoms with Gasteiger partial charge in [0.15, 0.2) is 0 Å². The minimum atomic E-state index is -0.299. The van der Waals surface area contributed by atoms with Crippen molar-refractivity contribution < 1.29 is 14.3 Å². The summed E-state index contributed by atoms with van der Waals surface area (Å²) in [6, 6.07) is 6.68. The van der Waals surface area contributed by atoms with E-state index in [1.54, 1.807) is 24.3 Å². The molecule has 6 heteroatoms. The van der Waals surface area contributed by atoms with Gasteiger partial charge in [-0.3, -0.25) is 4.79 Å². The molecule has 1 aliphatic rings. The molecule has 0 spiro atoms. The number of anilines is 1. The molecule has 0 radical (unpaired) electrons. The van der Waals surface area contributed by atoms with Crippen molar-refractivity contribution in [2.24, 2.45) is 0 Å². The highest BCUT2D eigenvalue weighted by Gasteiger charge is 2.16. The van der Waals surface area contributed by atoms with Crippen molar-refractivity contribution in [2.45, 2.75) is 25.8 Å². The van der Waals surface area contributed by atoms with Gasteiger partial charge in [0, 0.05) is 37.1 Å². The largest absolute Gasteiger partial charge is 0.381 e. The molecule has 0 aliphatic carbocycles. The van der Waals surface area contributed by atoms with E-state index in [9.17, 15) is 9.59 Å². The van der Waals surface area contributed by atoms with Crippen molar-refractivity contribution in [2.75, 3.05) is 25.1 Å². The second kappa shape index (κ2) is 8.33. The second-order valence-electron chi connectivity index (χ2n) is 5.70. The minimum Gasteiger partial charge on any atom is -0.381 e. The number of carbonyl (C=O) groups is 2. The summed E-state index contributed by atoms with van der Waals surface area (Å²) in [5, 5.41) is 8.39. The standard InChI is InChI=1S/C17H23N3O3/c1-12(2)11-18-17(22)20-14-5-3-13(4-6-14)16(21)19-15-7-9-23-10-8-15/h3-6,15H,1,7-11H2,2H3,(H,19,21)(H2,18,20,22). The maximum atomic E-state index is 12.2. The Morgan fingerprint density at radius 1 is 1.22 bits per heavy atom. The molecule has 6 nitrogen and oxygen atoms in total. The summed E-state index contributed by atoms with van der Waals surface area (Å²) < 4.78 is 5.27. The molecule has 1 fully saturated rings. The third-order valence-corrected chi connectivity index (χ3v) is 3.51. The Hall–Kier alpha value is -2.34. The first kappa shape index (κ1) is 17.0. The molecule has 1 saturated heterocycles. The number of carbonyl (C=O) groups excluding carboxylic acids is 2. The minimum absolute atomic E-state index is 0.102. The molecule has 1 aromatic rings. The lowest BCUT2D eigenvalue weighted by molar-refractivity contribution is 0.0696. The van der Waals surface area contributed by atoms with Crippen LogP contribution >= 0.6 is 0 Å². The molecular weight excluding hydrogens is 294 g/mol. The van der Waals surface area contributed by atoms with Crippen LogP contribution in [0, 0.1) is 0 Å². The first-order valence-corrected chi connectivity index (χ1v) is 7.72. The van der Waals surface area contributed by atoms with Crippen LogP contribution in [0.3, 0.4) is 0 Å². The molecule has 1 aromatic carbocycles. The van der Waals surface area contributed by atoms with E-state index in [2.05, 4.69) is 22.5 Å². The average molecular weight is 317 g/mol. The van der Waals surface area contributed by atoms with Crippen molar-refractivity contribution >= 4 is 17.6 Å². The van der Waals surface area contributed by atoms with Crippen LogP contribution in [-0.2, 0) is 4.74 Å². The van der Waals surface area contributed by atoms with Gasteiger partial charge in [-0.25, -0.2) is 4.79 Å². The summed E-state index contributed by atoms with van der Waals surface area (Å²) in [5.74, 6) is -0.102. The van der Waals surface area contributed by atoms with Crippen molar-refractivity contribution in [3.8, 4) is 0 Å². The maximum absolute atomic E-state index is 12.2. The lowest BCUT2D eigenvalue weighted by Gasteiger charge is -2.23. The van der Waals surface area contributed by atoms with E-state index in [4.69, 9.17) is 4.74 Å². The summed E-state index contributed by atoms with van der Waals surface area (Å²) >= 11 is 0. The van der Waals surface area contributed by atoms with Gasteiger partial charge in [0.1, 0.15) is 0 Å². The van der Waals surface area contributed by atoms with Crippen LogP contribution in [0.5, 0.6) is 0 Å². The SMILES string of the molecule is C=C(C)CNC(=O)Nc1ccc(C(=O)NC2CCOCC2)cc1. The van der Waals surface area contributed by atoms with Gasteiger partial charge in [-0.05, 0) is 44.0 Å². The zero-order valence-corrected chi connectivity index (χ0v) is 13.4. The number of hydrogen-bond acceptors (Lipinski definition) is 3. The van der Waals surface area contributed by atoms with Gasteiger partial charge in [-0.1, -0.05) is 12.2 Å². The zero-order valence-electron chi connectivity index (χ0n) is 13.4. The normalized spacial score (nSPS) is 14.8. The molecule has 3 N–H and O–H groups in total. The molecule has 3 amide bonds. The van der Waals surface area contributed by atoms with Gasteiger partial charge < -0.3 is 20.7 Å². The highest BCUT2D eigenvalue weighted by molar-refractivity contribution is 5.95. The van der Waals surface area contributed by atoms with E-state index in [0.29, 0.717) is 31.0 Å². The van der Waals surface area contributed by atoms with Gasteiger partial charge in [0.2, 0.25) is 0 Å². The number of nitrogens with one attached hydrogen (secondary N) is 3. The van der Waals surface area contributed by atoms with Gasteiger partial charge in [-0.2, -0.15) is 0 Å². The number of amides is 3. The molecule has 23 heavy (non-hydrogen) atoms. The topological polar surface area (TPSA) is 79.5 Å².